The average Bonchev–Trinajstić information content (AvgIpc) is 2.15. The number of hydrogen-bond acceptors (Lipinski definition) is 0. The lowest BCUT2D eigenvalue weighted by molar-refractivity contribution is 0.634. The van der Waals surface area contributed by atoms with E-state index in [4.69, 9.17) is 0 Å². The number of hydrogen-bond donors (Lipinski definition) is 0. The Morgan fingerprint density at radius 3 is 2.12 bits per heavy atom. The molecule has 0 aliphatic heterocycles. The highest BCUT2D eigenvalue weighted by Crippen LogP contribution is 2.46. The standard InChI is InChI=1S/C14H29ISi/c1-7-8-9-10-13(11-12-15)16(5,6)14(2,3)4/h11-13H,7-10H2,1-6H3/b12-11+/t13-/m1/s1. The molecule has 0 aliphatic carbocycles. The van der Waals surface area contributed by atoms with Crippen LogP contribution in [0.4, 0.5) is 0 Å². The molecular formula is C14H29ISi. The van der Waals surface area contributed by atoms with Gasteiger partial charge in [0.2, 0.25) is 0 Å². The molecule has 0 aromatic heterocycles. The fraction of sp³-hybridized carbons (Fsp3) is 0.857. The van der Waals surface area contributed by atoms with E-state index in [1.165, 1.54) is 25.7 Å². The lowest BCUT2D eigenvalue weighted by Crippen LogP contribution is -2.41. The molecule has 0 nitrogen and oxygen atoms in total. The molecule has 96 valence electrons. The van der Waals surface area contributed by atoms with E-state index in [9.17, 15) is 0 Å². The second-order valence-corrected chi connectivity index (χ2v) is 12.8. The summed E-state index contributed by atoms with van der Waals surface area (Å²) >= 11 is 2.37. The van der Waals surface area contributed by atoms with Gasteiger partial charge in [0, 0.05) is 0 Å². The summed E-state index contributed by atoms with van der Waals surface area (Å²) in [5, 5.41) is 0.500. The minimum absolute atomic E-state index is 0.500. The maximum atomic E-state index is 2.56. The maximum Gasteiger partial charge on any atom is 0.0597 e. The van der Waals surface area contributed by atoms with Crippen LogP contribution in [0.5, 0.6) is 0 Å². The fourth-order valence-electron chi connectivity index (χ4n) is 1.96. The zero-order chi connectivity index (χ0) is 12.8. The van der Waals surface area contributed by atoms with Crippen molar-refractivity contribution in [3.63, 3.8) is 0 Å². The van der Waals surface area contributed by atoms with Gasteiger partial charge in [-0.2, -0.15) is 0 Å². The van der Waals surface area contributed by atoms with E-state index < -0.39 is 8.07 Å². The van der Waals surface area contributed by atoms with E-state index in [-0.39, 0.29) is 0 Å². The molecule has 0 radical (unpaired) electrons. The fourth-order valence-corrected chi connectivity index (χ4v) is 5.46. The smallest absolute Gasteiger partial charge is 0.0597 e. The molecule has 0 saturated heterocycles. The Hall–Kier alpha value is 0.687. The Morgan fingerprint density at radius 2 is 1.75 bits per heavy atom. The van der Waals surface area contributed by atoms with Crippen molar-refractivity contribution in [2.75, 3.05) is 0 Å². The highest BCUT2D eigenvalue weighted by atomic mass is 127. The van der Waals surface area contributed by atoms with Crippen molar-refractivity contribution < 1.29 is 0 Å². The topological polar surface area (TPSA) is 0 Å². The van der Waals surface area contributed by atoms with Gasteiger partial charge >= 0.3 is 0 Å². The Labute approximate surface area is 117 Å². The predicted molar refractivity (Wildman–Crippen MR) is 88.2 cm³/mol. The average molecular weight is 352 g/mol. The zero-order valence-electron chi connectivity index (χ0n) is 11.9. The summed E-state index contributed by atoms with van der Waals surface area (Å²) in [6, 6.07) is 0. The van der Waals surface area contributed by atoms with Crippen molar-refractivity contribution in [2.24, 2.45) is 0 Å². The largest absolute Gasteiger partial charge is 0.0780 e. The summed E-state index contributed by atoms with van der Waals surface area (Å²) in [6.07, 6.45) is 7.98. The van der Waals surface area contributed by atoms with E-state index in [1.807, 2.05) is 0 Å². The Kier molecular flexibility index (Phi) is 7.50. The van der Waals surface area contributed by atoms with Gasteiger partial charge in [-0.15, -0.1) is 0 Å². The summed E-state index contributed by atoms with van der Waals surface area (Å²) in [5.74, 6) is 0. The Balaban J connectivity index is 4.63. The first-order valence-electron chi connectivity index (χ1n) is 6.54. The van der Waals surface area contributed by atoms with Crippen molar-refractivity contribution in [2.45, 2.75) is 77.1 Å². The summed E-state index contributed by atoms with van der Waals surface area (Å²) in [6.45, 7) is 14.7. The minimum atomic E-state index is -1.20. The molecule has 16 heavy (non-hydrogen) atoms. The number of rotatable bonds is 6. The molecular weight excluding hydrogens is 323 g/mol. The van der Waals surface area contributed by atoms with Gasteiger partial charge in [0.15, 0.2) is 0 Å². The van der Waals surface area contributed by atoms with Crippen LogP contribution >= 0.6 is 22.6 Å². The Morgan fingerprint density at radius 1 is 1.19 bits per heavy atom. The summed E-state index contributed by atoms with van der Waals surface area (Å²) < 4.78 is 2.23. The van der Waals surface area contributed by atoms with Crippen molar-refractivity contribution in [3.05, 3.63) is 10.2 Å². The highest BCUT2D eigenvalue weighted by Gasteiger charge is 2.40. The molecule has 0 unspecified atom stereocenters. The van der Waals surface area contributed by atoms with Crippen LogP contribution in [0.3, 0.4) is 0 Å². The van der Waals surface area contributed by atoms with Crippen LogP contribution in [0.25, 0.3) is 0 Å². The second kappa shape index (κ2) is 7.19. The van der Waals surface area contributed by atoms with Gasteiger partial charge < -0.3 is 0 Å². The first-order valence-corrected chi connectivity index (χ1v) is 10.9. The molecule has 0 fully saturated rings. The predicted octanol–water partition coefficient (Wildman–Crippen LogP) is 6.39. The molecule has 2 heteroatoms. The van der Waals surface area contributed by atoms with Crippen LogP contribution in [-0.2, 0) is 0 Å². The Bertz CT molecular complexity index is 213. The molecule has 0 aromatic carbocycles. The van der Waals surface area contributed by atoms with Gasteiger partial charge in [-0.05, 0) is 21.1 Å². The molecule has 0 bridgehead atoms. The first kappa shape index (κ1) is 16.7. The summed E-state index contributed by atoms with van der Waals surface area (Å²) in [7, 11) is -1.20. The van der Waals surface area contributed by atoms with Crippen LogP contribution in [0.15, 0.2) is 10.2 Å². The first-order chi connectivity index (χ1) is 7.27. The van der Waals surface area contributed by atoms with Crippen molar-refractivity contribution >= 4 is 30.7 Å². The number of allylic oxidation sites excluding steroid dienone is 1. The maximum absolute atomic E-state index is 2.56. The van der Waals surface area contributed by atoms with Gasteiger partial charge in [0.05, 0.1) is 8.07 Å². The van der Waals surface area contributed by atoms with Crippen LogP contribution in [-0.4, -0.2) is 8.07 Å². The van der Waals surface area contributed by atoms with Gasteiger partial charge in [-0.1, -0.05) is 88.7 Å². The quantitative estimate of drug-likeness (QED) is 0.295. The molecule has 0 spiro atoms. The normalized spacial score (nSPS) is 15.7. The molecule has 0 aliphatic rings. The molecule has 0 aromatic rings. The van der Waals surface area contributed by atoms with Crippen LogP contribution in [0.1, 0.15) is 53.4 Å². The van der Waals surface area contributed by atoms with Gasteiger partial charge in [-0.3, -0.25) is 0 Å². The van der Waals surface area contributed by atoms with E-state index in [0.717, 1.165) is 5.54 Å². The molecule has 0 N–H and O–H groups in total. The number of halogens is 1. The number of unbranched alkanes of at least 4 members (excludes halogenated alkanes) is 2. The third-order valence-electron chi connectivity index (χ3n) is 4.28. The molecule has 1 atom stereocenters. The molecule has 0 saturated carbocycles. The van der Waals surface area contributed by atoms with Crippen molar-refractivity contribution in [1.82, 2.24) is 0 Å². The van der Waals surface area contributed by atoms with E-state index in [2.05, 4.69) is 73.5 Å². The SMILES string of the molecule is CCCCC[C@H](/C=C/I)[Si](C)(C)C(C)(C)C. The van der Waals surface area contributed by atoms with Crippen molar-refractivity contribution in [1.29, 1.82) is 0 Å². The van der Waals surface area contributed by atoms with Crippen molar-refractivity contribution in [3.8, 4) is 0 Å². The van der Waals surface area contributed by atoms with E-state index >= 15 is 0 Å². The van der Waals surface area contributed by atoms with Gasteiger partial charge in [0.1, 0.15) is 0 Å². The van der Waals surface area contributed by atoms with Crippen LogP contribution in [0.2, 0.25) is 23.7 Å². The second-order valence-electron chi connectivity index (χ2n) is 6.39. The van der Waals surface area contributed by atoms with E-state index in [0.29, 0.717) is 5.04 Å². The zero-order valence-corrected chi connectivity index (χ0v) is 15.1. The summed E-state index contributed by atoms with van der Waals surface area (Å²) in [4.78, 5) is 0. The highest BCUT2D eigenvalue weighted by molar-refractivity contribution is 14.1. The monoisotopic (exact) mass is 352 g/mol. The van der Waals surface area contributed by atoms with Crippen LogP contribution < -0.4 is 0 Å². The lowest BCUT2D eigenvalue weighted by atomic mass is 10.1. The third-order valence-corrected chi connectivity index (χ3v) is 10.9. The molecule has 0 rings (SSSR count). The van der Waals surface area contributed by atoms with Crippen LogP contribution in [0, 0.1) is 0 Å². The van der Waals surface area contributed by atoms with E-state index in [1.54, 1.807) is 0 Å². The molecule has 0 amide bonds. The van der Waals surface area contributed by atoms with Gasteiger partial charge in [-0.25, -0.2) is 0 Å². The minimum Gasteiger partial charge on any atom is -0.0780 e. The lowest BCUT2D eigenvalue weighted by Gasteiger charge is -2.42. The third kappa shape index (κ3) is 4.90. The summed E-state index contributed by atoms with van der Waals surface area (Å²) in [5.41, 5.74) is 0.843. The molecule has 0 heterocycles. The van der Waals surface area contributed by atoms with Gasteiger partial charge in [0.25, 0.3) is 0 Å².